The van der Waals surface area contributed by atoms with Crippen LogP contribution in [0.15, 0.2) is 30.5 Å². The number of ether oxygens (including phenoxy) is 1. The normalized spacial score (nSPS) is 11.5. The van der Waals surface area contributed by atoms with Crippen LogP contribution in [0.1, 0.15) is 13.8 Å². The van der Waals surface area contributed by atoms with Crippen molar-refractivity contribution < 1.29 is 14.8 Å². The Kier molecular flexibility index (Phi) is 3.35. The van der Waals surface area contributed by atoms with Gasteiger partial charge in [0.05, 0.1) is 10.5 Å². The van der Waals surface area contributed by atoms with Crippen LogP contribution in [-0.4, -0.2) is 27.2 Å². The zero-order valence-electron chi connectivity index (χ0n) is 10.7. The highest BCUT2D eigenvalue weighted by Gasteiger charge is 2.18. The van der Waals surface area contributed by atoms with E-state index in [2.05, 4.69) is 4.98 Å². The number of fused-ring (bicyclic) bond motifs is 1. The van der Waals surface area contributed by atoms with E-state index < -0.39 is 10.5 Å². The second kappa shape index (κ2) is 4.81. The summed E-state index contributed by atoms with van der Waals surface area (Å²) in [5.74, 6) is 0.468. The number of hydrogen-bond donors (Lipinski definition) is 1. The van der Waals surface area contributed by atoms with E-state index in [1.165, 1.54) is 18.3 Å². The molecule has 0 fully saturated rings. The first kappa shape index (κ1) is 13.2. The second-order valence-electron chi connectivity index (χ2n) is 4.84. The van der Waals surface area contributed by atoms with Crippen molar-refractivity contribution in [2.75, 3.05) is 6.61 Å². The molecule has 2 aromatic rings. The van der Waals surface area contributed by atoms with E-state index in [1.807, 2.05) is 0 Å². The van der Waals surface area contributed by atoms with Crippen molar-refractivity contribution in [3.63, 3.8) is 0 Å². The van der Waals surface area contributed by atoms with E-state index in [0.29, 0.717) is 11.1 Å². The van der Waals surface area contributed by atoms with E-state index in [9.17, 15) is 15.2 Å². The zero-order valence-corrected chi connectivity index (χ0v) is 10.7. The SMILES string of the molecule is CC(C)(O)COc1ccc([N+](=O)[O-])c2ncccc12. The van der Waals surface area contributed by atoms with E-state index in [-0.39, 0.29) is 17.8 Å². The lowest BCUT2D eigenvalue weighted by Gasteiger charge is -2.18. The molecule has 0 aliphatic rings. The summed E-state index contributed by atoms with van der Waals surface area (Å²) in [7, 11) is 0. The van der Waals surface area contributed by atoms with Gasteiger partial charge in [-0.2, -0.15) is 0 Å². The van der Waals surface area contributed by atoms with Crippen molar-refractivity contribution >= 4 is 16.6 Å². The van der Waals surface area contributed by atoms with Crippen LogP contribution in [0.3, 0.4) is 0 Å². The van der Waals surface area contributed by atoms with Gasteiger partial charge in [-0.3, -0.25) is 10.1 Å². The molecule has 19 heavy (non-hydrogen) atoms. The van der Waals surface area contributed by atoms with Crippen molar-refractivity contribution in [3.05, 3.63) is 40.6 Å². The third-order valence-corrected chi connectivity index (χ3v) is 2.49. The van der Waals surface area contributed by atoms with Crippen LogP contribution in [0.5, 0.6) is 5.75 Å². The minimum absolute atomic E-state index is 0.0637. The van der Waals surface area contributed by atoms with Gasteiger partial charge >= 0.3 is 0 Å². The van der Waals surface area contributed by atoms with Crippen molar-refractivity contribution in [2.45, 2.75) is 19.4 Å². The molecule has 0 amide bonds. The number of hydrogen-bond acceptors (Lipinski definition) is 5. The van der Waals surface area contributed by atoms with Crippen LogP contribution < -0.4 is 4.74 Å². The molecule has 0 unspecified atom stereocenters. The topological polar surface area (TPSA) is 85.5 Å². The Balaban J connectivity index is 2.47. The molecule has 0 spiro atoms. The first-order chi connectivity index (χ1) is 8.88. The molecule has 100 valence electrons. The molecule has 0 atom stereocenters. The highest BCUT2D eigenvalue weighted by atomic mass is 16.6. The van der Waals surface area contributed by atoms with Gasteiger partial charge < -0.3 is 9.84 Å². The molecule has 1 aromatic heterocycles. The van der Waals surface area contributed by atoms with E-state index >= 15 is 0 Å². The molecule has 0 radical (unpaired) electrons. The van der Waals surface area contributed by atoms with Gasteiger partial charge in [-0.15, -0.1) is 0 Å². The van der Waals surface area contributed by atoms with Gasteiger partial charge in [-0.05, 0) is 32.0 Å². The molecule has 2 rings (SSSR count). The first-order valence-electron chi connectivity index (χ1n) is 5.76. The van der Waals surface area contributed by atoms with Gasteiger partial charge in [0.25, 0.3) is 5.69 Å². The predicted molar refractivity (Wildman–Crippen MR) is 70.2 cm³/mol. The summed E-state index contributed by atoms with van der Waals surface area (Å²) in [6, 6.07) is 6.26. The first-order valence-corrected chi connectivity index (χ1v) is 5.76. The Labute approximate surface area is 109 Å². The molecule has 6 heteroatoms. The quantitative estimate of drug-likeness (QED) is 0.675. The fourth-order valence-corrected chi connectivity index (χ4v) is 1.66. The van der Waals surface area contributed by atoms with Crippen LogP contribution in [-0.2, 0) is 0 Å². The Hall–Kier alpha value is -2.21. The van der Waals surface area contributed by atoms with Gasteiger partial charge in [0.1, 0.15) is 12.4 Å². The number of nitrogens with zero attached hydrogens (tertiary/aromatic N) is 2. The Morgan fingerprint density at radius 2 is 2.16 bits per heavy atom. The van der Waals surface area contributed by atoms with Crippen molar-refractivity contribution in [1.82, 2.24) is 4.98 Å². The number of pyridine rings is 1. The van der Waals surface area contributed by atoms with E-state index in [1.54, 1.807) is 26.0 Å². The lowest BCUT2D eigenvalue weighted by molar-refractivity contribution is -0.383. The second-order valence-corrected chi connectivity index (χ2v) is 4.84. The van der Waals surface area contributed by atoms with Crippen LogP contribution in [0, 0.1) is 10.1 Å². The maximum atomic E-state index is 10.9. The molecule has 1 heterocycles. The summed E-state index contributed by atoms with van der Waals surface area (Å²) in [5.41, 5.74) is -0.761. The van der Waals surface area contributed by atoms with Crippen molar-refractivity contribution in [3.8, 4) is 5.75 Å². The monoisotopic (exact) mass is 262 g/mol. The molecule has 6 nitrogen and oxygen atoms in total. The minimum atomic E-state index is -0.976. The zero-order chi connectivity index (χ0) is 14.0. The number of nitro groups is 1. The molecule has 0 bridgehead atoms. The highest BCUT2D eigenvalue weighted by Crippen LogP contribution is 2.31. The number of aliphatic hydroxyl groups is 1. The van der Waals surface area contributed by atoms with Crippen molar-refractivity contribution in [1.29, 1.82) is 0 Å². The molecular weight excluding hydrogens is 248 g/mol. The average Bonchev–Trinajstić information content (AvgIpc) is 2.34. The predicted octanol–water partition coefficient (Wildman–Crippen LogP) is 2.29. The van der Waals surface area contributed by atoms with Crippen molar-refractivity contribution in [2.24, 2.45) is 0 Å². The molecule has 0 saturated carbocycles. The summed E-state index contributed by atoms with van der Waals surface area (Å²) in [4.78, 5) is 14.5. The van der Waals surface area contributed by atoms with Gasteiger partial charge in [-0.25, -0.2) is 4.98 Å². The third kappa shape index (κ3) is 2.97. The number of rotatable bonds is 4. The minimum Gasteiger partial charge on any atom is -0.490 e. The maximum Gasteiger partial charge on any atom is 0.295 e. The summed E-state index contributed by atoms with van der Waals surface area (Å²) in [6.07, 6.45) is 1.50. The smallest absolute Gasteiger partial charge is 0.295 e. The van der Waals surface area contributed by atoms with E-state index in [0.717, 1.165) is 0 Å². The van der Waals surface area contributed by atoms with Crippen LogP contribution >= 0.6 is 0 Å². The molecule has 0 aliphatic carbocycles. The Morgan fingerprint density at radius 1 is 1.42 bits per heavy atom. The van der Waals surface area contributed by atoms with E-state index in [4.69, 9.17) is 4.74 Å². The number of nitro benzene ring substituents is 1. The lowest BCUT2D eigenvalue weighted by atomic mass is 10.1. The number of non-ortho nitro benzene ring substituents is 1. The number of aromatic nitrogens is 1. The Morgan fingerprint density at radius 3 is 2.79 bits per heavy atom. The summed E-state index contributed by atoms with van der Waals surface area (Å²) in [6.45, 7) is 3.34. The standard InChI is InChI=1S/C13H14N2O4/c1-13(2,16)8-19-11-6-5-10(15(17)18)12-9(11)4-3-7-14-12/h3-7,16H,8H2,1-2H3. The molecule has 1 aromatic carbocycles. The fourth-order valence-electron chi connectivity index (χ4n) is 1.66. The largest absolute Gasteiger partial charge is 0.490 e. The highest BCUT2D eigenvalue weighted by molar-refractivity contribution is 5.91. The van der Waals surface area contributed by atoms with Gasteiger partial charge in [0.2, 0.25) is 0 Å². The summed E-state index contributed by atoms with van der Waals surface area (Å²) < 4.78 is 5.51. The van der Waals surface area contributed by atoms with Crippen LogP contribution in [0.2, 0.25) is 0 Å². The fraction of sp³-hybridized carbons (Fsp3) is 0.308. The molecule has 0 aliphatic heterocycles. The lowest BCUT2D eigenvalue weighted by Crippen LogP contribution is -2.27. The maximum absolute atomic E-state index is 10.9. The Bertz CT molecular complexity index is 620. The van der Waals surface area contributed by atoms with Gasteiger partial charge in [0.15, 0.2) is 5.52 Å². The summed E-state index contributed by atoms with van der Waals surface area (Å²) >= 11 is 0. The third-order valence-electron chi connectivity index (χ3n) is 2.49. The molecule has 0 saturated heterocycles. The van der Waals surface area contributed by atoms with Gasteiger partial charge in [-0.1, -0.05) is 0 Å². The average molecular weight is 262 g/mol. The number of benzene rings is 1. The molecular formula is C13H14N2O4. The molecule has 1 N–H and O–H groups in total. The van der Waals surface area contributed by atoms with Crippen LogP contribution in [0.4, 0.5) is 5.69 Å². The van der Waals surface area contributed by atoms with Crippen LogP contribution in [0.25, 0.3) is 10.9 Å². The summed E-state index contributed by atoms with van der Waals surface area (Å²) in [5, 5.41) is 21.1. The van der Waals surface area contributed by atoms with Gasteiger partial charge in [0, 0.05) is 17.6 Å².